The Morgan fingerprint density at radius 2 is 2.12 bits per heavy atom. The summed E-state index contributed by atoms with van der Waals surface area (Å²) >= 11 is 6.25. The zero-order valence-electron chi connectivity index (χ0n) is 18.2. The van der Waals surface area contributed by atoms with Gasteiger partial charge in [-0.1, -0.05) is 17.7 Å². The van der Waals surface area contributed by atoms with Crippen molar-refractivity contribution in [3.63, 3.8) is 0 Å². The minimum absolute atomic E-state index is 0.272. The summed E-state index contributed by atoms with van der Waals surface area (Å²) < 4.78 is 17.4. The van der Waals surface area contributed by atoms with Crippen molar-refractivity contribution in [2.45, 2.75) is 26.4 Å². The van der Waals surface area contributed by atoms with Gasteiger partial charge in [0.1, 0.15) is 30.5 Å². The number of carboxylic acid groups (broad SMARTS) is 1. The Hall–Kier alpha value is -2.70. The molecule has 0 aromatic heterocycles. The van der Waals surface area contributed by atoms with E-state index in [0.717, 1.165) is 54.1 Å². The van der Waals surface area contributed by atoms with Crippen molar-refractivity contribution in [3.05, 3.63) is 58.1 Å². The van der Waals surface area contributed by atoms with Crippen LogP contribution in [0, 0.1) is 5.92 Å². The zero-order chi connectivity index (χ0) is 22.5. The summed E-state index contributed by atoms with van der Waals surface area (Å²) in [5.74, 6) is 1.22. The lowest BCUT2D eigenvalue weighted by molar-refractivity contribution is -0.143. The van der Waals surface area contributed by atoms with Crippen LogP contribution in [-0.2, 0) is 11.4 Å². The van der Waals surface area contributed by atoms with Gasteiger partial charge in [-0.05, 0) is 67.8 Å². The van der Waals surface area contributed by atoms with Crippen molar-refractivity contribution in [2.24, 2.45) is 5.92 Å². The van der Waals surface area contributed by atoms with Crippen LogP contribution in [0.3, 0.4) is 0 Å². The van der Waals surface area contributed by atoms with E-state index in [-0.39, 0.29) is 5.92 Å². The van der Waals surface area contributed by atoms with E-state index in [1.54, 1.807) is 0 Å². The van der Waals surface area contributed by atoms with Crippen molar-refractivity contribution >= 4 is 23.6 Å². The summed E-state index contributed by atoms with van der Waals surface area (Å²) in [7, 11) is 0. The largest absolute Gasteiger partial charge is 0.492 e. The maximum absolute atomic E-state index is 11.3. The fraction of sp³-hybridized carbons (Fsp3) is 0.400. The second-order valence-electron chi connectivity index (χ2n) is 8.19. The number of nitrogens with zero attached hydrogens (tertiary/aromatic N) is 1. The van der Waals surface area contributed by atoms with Crippen LogP contribution < -0.4 is 14.2 Å². The van der Waals surface area contributed by atoms with E-state index in [9.17, 15) is 9.90 Å². The average molecular weight is 458 g/mol. The van der Waals surface area contributed by atoms with E-state index in [2.05, 4.69) is 11.0 Å². The standard InChI is InChI=1S/C25H28ClNO5/c1-2-30-23-8-5-17(11-22(23)26)15-31-21-7-6-19-10-18(16-32-24(19)12-21)13-27-9-3-4-20(14-27)25(28)29/h5-8,10-12,20H,2-4,9,13-16H2,1H3,(H,28,29)/t20-/m1/s1. The second-order valence-corrected chi connectivity index (χ2v) is 8.60. The first-order valence-corrected chi connectivity index (χ1v) is 11.3. The summed E-state index contributed by atoms with van der Waals surface area (Å²) in [5.41, 5.74) is 3.12. The fourth-order valence-corrected chi connectivity index (χ4v) is 4.39. The van der Waals surface area contributed by atoms with Crippen LogP contribution in [0.1, 0.15) is 30.9 Å². The summed E-state index contributed by atoms with van der Waals surface area (Å²) in [5, 5.41) is 9.86. The fourth-order valence-electron chi connectivity index (χ4n) is 4.13. The molecule has 0 spiro atoms. The molecular formula is C25H28ClNO5. The highest BCUT2D eigenvalue weighted by Gasteiger charge is 2.26. The smallest absolute Gasteiger partial charge is 0.307 e. The molecular weight excluding hydrogens is 430 g/mol. The van der Waals surface area contributed by atoms with Gasteiger partial charge < -0.3 is 19.3 Å². The van der Waals surface area contributed by atoms with Gasteiger partial charge in [-0.3, -0.25) is 9.69 Å². The average Bonchev–Trinajstić information content (AvgIpc) is 2.79. The summed E-state index contributed by atoms with van der Waals surface area (Å²) in [4.78, 5) is 13.5. The van der Waals surface area contributed by atoms with Gasteiger partial charge >= 0.3 is 5.97 Å². The van der Waals surface area contributed by atoms with E-state index in [0.29, 0.717) is 37.1 Å². The molecule has 2 aromatic carbocycles. The van der Waals surface area contributed by atoms with E-state index < -0.39 is 5.97 Å². The third kappa shape index (κ3) is 5.56. The molecule has 7 heteroatoms. The van der Waals surface area contributed by atoms with Crippen LogP contribution in [0.4, 0.5) is 0 Å². The molecule has 170 valence electrons. The number of aliphatic carboxylic acids is 1. The van der Waals surface area contributed by atoms with Gasteiger partial charge in [0.15, 0.2) is 0 Å². The van der Waals surface area contributed by atoms with Gasteiger partial charge in [0.05, 0.1) is 17.5 Å². The van der Waals surface area contributed by atoms with Crippen molar-refractivity contribution < 1.29 is 24.1 Å². The van der Waals surface area contributed by atoms with Crippen LogP contribution in [0.25, 0.3) is 6.08 Å². The van der Waals surface area contributed by atoms with Crippen molar-refractivity contribution in [1.29, 1.82) is 0 Å². The van der Waals surface area contributed by atoms with Crippen LogP contribution in [0.15, 0.2) is 42.0 Å². The maximum atomic E-state index is 11.3. The monoisotopic (exact) mass is 457 g/mol. The van der Waals surface area contributed by atoms with Crippen molar-refractivity contribution in [2.75, 3.05) is 32.8 Å². The van der Waals surface area contributed by atoms with Crippen LogP contribution in [-0.4, -0.2) is 48.8 Å². The number of piperidine rings is 1. The Morgan fingerprint density at radius 1 is 1.25 bits per heavy atom. The van der Waals surface area contributed by atoms with Gasteiger partial charge in [-0.25, -0.2) is 0 Å². The molecule has 0 aliphatic carbocycles. The molecule has 32 heavy (non-hydrogen) atoms. The van der Waals surface area contributed by atoms with Gasteiger partial charge in [0, 0.05) is 24.7 Å². The number of hydrogen-bond donors (Lipinski definition) is 1. The number of benzene rings is 2. The molecule has 2 aliphatic rings. The Balaban J connectivity index is 1.36. The second kappa shape index (κ2) is 10.3. The maximum Gasteiger partial charge on any atom is 0.307 e. The van der Waals surface area contributed by atoms with E-state index >= 15 is 0 Å². The van der Waals surface area contributed by atoms with Crippen LogP contribution in [0.2, 0.25) is 5.02 Å². The lowest BCUT2D eigenvalue weighted by Crippen LogP contribution is -2.40. The quantitative estimate of drug-likeness (QED) is 0.608. The highest BCUT2D eigenvalue weighted by atomic mass is 35.5. The summed E-state index contributed by atoms with van der Waals surface area (Å²) in [6, 6.07) is 11.5. The van der Waals surface area contributed by atoms with Gasteiger partial charge in [0.2, 0.25) is 0 Å². The molecule has 0 saturated carbocycles. The summed E-state index contributed by atoms with van der Waals surface area (Å²) in [6.07, 6.45) is 3.82. The molecule has 0 amide bonds. The number of likely N-dealkylation sites (tertiary alicyclic amines) is 1. The molecule has 0 radical (unpaired) electrons. The van der Waals surface area contributed by atoms with E-state index in [1.807, 2.05) is 43.3 Å². The number of hydrogen-bond acceptors (Lipinski definition) is 5. The molecule has 6 nitrogen and oxygen atoms in total. The first-order valence-electron chi connectivity index (χ1n) is 11.0. The lowest BCUT2D eigenvalue weighted by Gasteiger charge is -2.32. The Morgan fingerprint density at radius 3 is 2.91 bits per heavy atom. The Bertz CT molecular complexity index is 1010. The Kier molecular flexibility index (Phi) is 7.22. The molecule has 1 N–H and O–H groups in total. The van der Waals surface area contributed by atoms with Crippen LogP contribution >= 0.6 is 11.6 Å². The number of carboxylic acids is 1. The normalized spacial score (nSPS) is 18.3. The topological polar surface area (TPSA) is 68.2 Å². The van der Waals surface area contributed by atoms with Gasteiger partial charge in [-0.2, -0.15) is 0 Å². The molecule has 2 aromatic rings. The zero-order valence-corrected chi connectivity index (χ0v) is 18.9. The molecule has 0 unspecified atom stereocenters. The number of carbonyl (C=O) groups is 1. The predicted octanol–water partition coefficient (Wildman–Crippen LogP) is 4.89. The van der Waals surface area contributed by atoms with E-state index in [1.165, 1.54) is 0 Å². The third-order valence-electron chi connectivity index (χ3n) is 5.74. The van der Waals surface area contributed by atoms with Gasteiger partial charge in [0.25, 0.3) is 0 Å². The third-order valence-corrected chi connectivity index (χ3v) is 6.04. The number of ether oxygens (including phenoxy) is 3. The lowest BCUT2D eigenvalue weighted by atomic mass is 9.97. The SMILES string of the molecule is CCOc1ccc(COc2ccc3c(c2)OCC(CN2CCC[C@@H](C(=O)O)C2)=C3)cc1Cl. The molecule has 2 aliphatic heterocycles. The molecule has 1 atom stereocenters. The minimum Gasteiger partial charge on any atom is -0.492 e. The molecule has 2 heterocycles. The number of halogens is 1. The first kappa shape index (κ1) is 22.5. The van der Waals surface area contributed by atoms with E-state index in [4.69, 9.17) is 25.8 Å². The first-order chi connectivity index (χ1) is 15.5. The molecule has 0 bridgehead atoms. The van der Waals surface area contributed by atoms with Crippen molar-refractivity contribution in [3.8, 4) is 17.2 Å². The Labute approximate surface area is 193 Å². The number of fused-ring (bicyclic) bond motifs is 1. The molecule has 1 saturated heterocycles. The highest BCUT2D eigenvalue weighted by molar-refractivity contribution is 6.32. The van der Waals surface area contributed by atoms with Crippen molar-refractivity contribution in [1.82, 2.24) is 4.90 Å². The van der Waals surface area contributed by atoms with Crippen LogP contribution in [0.5, 0.6) is 17.2 Å². The minimum atomic E-state index is -0.700. The summed E-state index contributed by atoms with van der Waals surface area (Å²) in [6.45, 7) is 5.65. The predicted molar refractivity (Wildman–Crippen MR) is 124 cm³/mol. The van der Waals surface area contributed by atoms with Gasteiger partial charge in [-0.15, -0.1) is 0 Å². The molecule has 4 rings (SSSR count). The molecule has 1 fully saturated rings. The highest BCUT2D eigenvalue weighted by Crippen LogP contribution is 2.32. The number of rotatable bonds is 8.